The first kappa shape index (κ1) is 32.2. The number of hydrogen-bond acceptors (Lipinski definition) is 7. The molecule has 2 aromatic rings. The molecule has 2 amide bonds. The first-order valence-electron chi connectivity index (χ1n) is 14.2. The monoisotopic (exact) mass is 696 g/mol. The van der Waals surface area contributed by atoms with E-state index in [1.165, 1.54) is 24.2 Å². The Hall–Kier alpha value is -2.74. The highest BCUT2D eigenvalue weighted by molar-refractivity contribution is 14.1. The van der Waals surface area contributed by atoms with Gasteiger partial charge in [0.1, 0.15) is 18.0 Å². The summed E-state index contributed by atoms with van der Waals surface area (Å²) in [7, 11) is 1.46. The fourth-order valence-electron chi connectivity index (χ4n) is 5.67. The molecule has 9 nitrogen and oxygen atoms in total. The Labute approximate surface area is 258 Å². The summed E-state index contributed by atoms with van der Waals surface area (Å²) < 4.78 is 27.2. The molecule has 1 fully saturated rings. The van der Waals surface area contributed by atoms with Gasteiger partial charge in [-0.2, -0.15) is 0 Å². The Balaban J connectivity index is 1.72. The van der Waals surface area contributed by atoms with Gasteiger partial charge in [-0.3, -0.25) is 9.59 Å². The molecule has 228 valence electrons. The summed E-state index contributed by atoms with van der Waals surface area (Å²) in [6.07, 6.45) is 3.46. The summed E-state index contributed by atoms with van der Waals surface area (Å²) in [5.41, 5.74) is 1.19. The number of amides is 2. The molecule has 2 aliphatic carbocycles. The summed E-state index contributed by atoms with van der Waals surface area (Å²) in [5, 5.41) is 33.3. The maximum Gasteiger partial charge on any atom is 0.247 e. The lowest BCUT2D eigenvalue weighted by Gasteiger charge is -2.41. The summed E-state index contributed by atoms with van der Waals surface area (Å²) in [5.74, 6) is -0.281. The number of methoxy groups -OCH3 is 1. The Morgan fingerprint density at radius 2 is 1.90 bits per heavy atom. The highest BCUT2D eigenvalue weighted by Crippen LogP contribution is 2.38. The molecule has 0 heterocycles. The van der Waals surface area contributed by atoms with Crippen LogP contribution in [0.3, 0.4) is 0 Å². The van der Waals surface area contributed by atoms with Crippen molar-refractivity contribution in [1.82, 2.24) is 10.2 Å². The van der Waals surface area contributed by atoms with Gasteiger partial charge in [-0.05, 0) is 71.2 Å². The highest BCUT2D eigenvalue weighted by Gasteiger charge is 2.41. The van der Waals surface area contributed by atoms with Gasteiger partial charge in [-0.15, -0.1) is 0 Å². The second-order valence-corrected chi connectivity index (χ2v) is 11.9. The van der Waals surface area contributed by atoms with Crippen LogP contribution in [-0.4, -0.2) is 70.5 Å². The van der Waals surface area contributed by atoms with Crippen molar-refractivity contribution in [1.29, 1.82) is 0 Å². The van der Waals surface area contributed by atoms with Gasteiger partial charge in [-0.25, -0.2) is 4.39 Å². The smallest absolute Gasteiger partial charge is 0.247 e. The second-order valence-electron chi connectivity index (χ2n) is 10.8. The SMILES string of the molecule is COc1cc(CO)cc(I)c1OC1C=C(C(=O)NCCO)CC(N(Cc2ccccc2F)C(=O)CC2CCCC2)C1O. The number of hydrogen-bond donors (Lipinski definition) is 4. The number of carbonyl (C=O) groups excluding carboxylic acids is 2. The second kappa shape index (κ2) is 15.1. The third-order valence-electron chi connectivity index (χ3n) is 7.90. The average Bonchev–Trinajstić information content (AvgIpc) is 3.50. The van der Waals surface area contributed by atoms with Crippen LogP contribution in [0.2, 0.25) is 0 Å². The predicted octanol–water partition coefficient (Wildman–Crippen LogP) is 3.46. The maximum absolute atomic E-state index is 14.8. The molecule has 0 spiro atoms. The molecule has 0 saturated heterocycles. The number of halogens is 2. The predicted molar refractivity (Wildman–Crippen MR) is 162 cm³/mol. The number of rotatable bonds is 12. The zero-order valence-corrected chi connectivity index (χ0v) is 25.8. The van der Waals surface area contributed by atoms with E-state index in [9.17, 15) is 29.3 Å². The summed E-state index contributed by atoms with van der Waals surface area (Å²) >= 11 is 2.04. The van der Waals surface area contributed by atoms with E-state index in [1.807, 2.05) is 22.6 Å². The number of benzene rings is 2. The van der Waals surface area contributed by atoms with Crippen LogP contribution in [0.4, 0.5) is 4.39 Å². The lowest BCUT2D eigenvalue weighted by atomic mass is 9.87. The minimum Gasteiger partial charge on any atom is -0.493 e. The standard InChI is InChI=1S/C31H38FIN2O7/c1-41-27-13-20(18-37)12-24(33)30(27)42-26-16-22(31(40)34-10-11-36)15-25(29(26)39)35(17-21-8-4-5-9-23(21)32)28(38)14-19-6-2-3-7-19/h4-5,8-9,12-13,16,19,25-26,29,36-37,39H,2-3,6-7,10-11,14-15,17-18H2,1H3,(H,34,40). The van der Waals surface area contributed by atoms with E-state index in [-0.39, 0.29) is 56.5 Å². The van der Waals surface area contributed by atoms with Crippen molar-refractivity contribution in [2.45, 2.75) is 69.9 Å². The van der Waals surface area contributed by atoms with Crippen LogP contribution in [0.1, 0.15) is 49.7 Å². The normalized spacial score (nSPS) is 20.6. The van der Waals surface area contributed by atoms with Crippen molar-refractivity contribution in [3.8, 4) is 11.5 Å². The molecular weight excluding hydrogens is 658 g/mol. The summed E-state index contributed by atoms with van der Waals surface area (Å²) in [6.45, 7) is -0.506. The van der Waals surface area contributed by atoms with Crippen LogP contribution < -0.4 is 14.8 Å². The van der Waals surface area contributed by atoms with Gasteiger partial charge in [0.25, 0.3) is 0 Å². The van der Waals surface area contributed by atoms with Crippen molar-refractivity contribution in [3.63, 3.8) is 0 Å². The average molecular weight is 697 g/mol. The van der Waals surface area contributed by atoms with E-state index in [4.69, 9.17) is 9.47 Å². The van der Waals surface area contributed by atoms with Crippen LogP contribution >= 0.6 is 22.6 Å². The van der Waals surface area contributed by atoms with Crippen LogP contribution in [0.25, 0.3) is 0 Å². The van der Waals surface area contributed by atoms with Crippen LogP contribution in [0.5, 0.6) is 11.5 Å². The molecular formula is C31H38FIN2O7. The number of aliphatic hydroxyl groups is 3. The van der Waals surface area contributed by atoms with Gasteiger partial charge in [0.2, 0.25) is 11.8 Å². The molecule has 0 aromatic heterocycles. The summed E-state index contributed by atoms with van der Waals surface area (Å²) in [6, 6.07) is 8.65. The number of carbonyl (C=O) groups is 2. The first-order valence-corrected chi connectivity index (χ1v) is 15.3. The molecule has 3 atom stereocenters. The fraction of sp³-hybridized carbons (Fsp3) is 0.484. The molecule has 1 saturated carbocycles. The Morgan fingerprint density at radius 1 is 1.17 bits per heavy atom. The van der Waals surface area contributed by atoms with E-state index in [1.54, 1.807) is 30.3 Å². The van der Waals surface area contributed by atoms with Gasteiger partial charge < -0.3 is 35.0 Å². The molecule has 4 N–H and O–H groups in total. The quantitative estimate of drug-likeness (QED) is 0.251. The number of ether oxygens (including phenoxy) is 2. The van der Waals surface area contributed by atoms with Gasteiger partial charge in [0.05, 0.1) is 29.9 Å². The zero-order valence-electron chi connectivity index (χ0n) is 23.6. The Morgan fingerprint density at radius 3 is 2.57 bits per heavy atom. The maximum atomic E-state index is 14.8. The molecule has 42 heavy (non-hydrogen) atoms. The van der Waals surface area contributed by atoms with Gasteiger partial charge in [0.15, 0.2) is 11.5 Å². The lowest BCUT2D eigenvalue weighted by Crippen LogP contribution is -2.55. The first-order chi connectivity index (χ1) is 20.2. The third-order valence-corrected chi connectivity index (χ3v) is 8.70. The number of aliphatic hydroxyl groups excluding tert-OH is 3. The number of nitrogens with one attached hydrogen (secondary N) is 1. The van der Waals surface area contributed by atoms with Crippen molar-refractivity contribution in [2.24, 2.45) is 5.92 Å². The Kier molecular flexibility index (Phi) is 11.6. The molecule has 3 unspecified atom stereocenters. The van der Waals surface area contributed by atoms with Gasteiger partial charge >= 0.3 is 0 Å². The highest BCUT2D eigenvalue weighted by atomic mass is 127. The van der Waals surface area contributed by atoms with E-state index in [2.05, 4.69) is 5.32 Å². The minimum absolute atomic E-state index is 0.0147. The van der Waals surface area contributed by atoms with Gasteiger partial charge in [0, 0.05) is 37.1 Å². The largest absolute Gasteiger partial charge is 0.493 e. The molecule has 0 aliphatic heterocycles. The molecule has 11 heteroatoms. The number of nitrogens with zero attached hydrogens (tertiary/aromatic N) is 1. The van der Waals surface area contributed by atoms with Gasteiger partial charge in [-0.1, -0.05) is 31.0 Å². The van der Waals surface area contributed by atoms with E-state index in [0.717, 1.165) is 25.7 Å². The third kappa shape index (κ3) is 7.80. The van der Waals surface area contributed by atoms with E-state index >= 15 is 0 Å². The summed E-state index contributed by atoms with van der Waals surface area (Å²) in [4.78, 5) is 28.5. The fourth-order valence-corrected chi connectivity index (χ4v) is 6.47. The molecule has 0 bridgehead atoms. The van der Waals surface area contributed by atoms with Crippen molar-refractivity contribution in [2.75, 3.05) is 20.3 Å². The van der Waals surface area contributed by atoms with E-state index < -0.39 is 30.0 Å². The Bertz CT molecular complexity index is 1280. The molecule has 0 radical (unpaired) electrons. The van der Waals surface area contributed by atoms with Crippen LogP contribution in [-0.2, 0) is 22.7 Å². The van der Waals surface area contributed by atoms with Crippen LogP contribution in [0.15, 0.2) is 48.0 Å². The zero-order chi connectivity index (χ0) is 30.2. The van der Waals surface area contributed by atoms with Crippen molar-refractivity contribution in [3.05, 3.63) is 68.6 Å². The van der Waals surface area contributed by atoms with E-state index in [0.29, 0.717) is 26.2 Å². The minimum atomic E-state index is -1.27. The van der Waals surface area contributed by atoms with Crippen LogP contribution in [0, 0.1) is 15.3 Å². The topological polar surface area (TPSA) is 129 Å². The molecule has 2 aromatic carbocycles. The molecule has 4 rings (SSSR count). The van der Waals surface area contributed by atoms with Crippen molar-refractivity contribution >= 4 is 34.4 Å². The lowest BCUT2D eigenvalue weighted by molar-refractivity contribution is -0.140. The van der Waals surface area contributed by atoms with Crippen molar-refractivity contribution < 1.29 is 38.8 Å². The molecule has 2 aliphatic rings.